The molecule has 3 heteroatoms. The fourth-order valence-corrected chi connectivity index (χ4v) is 1.05. The Morgan fingerprint density at radius 2 is 2.00 bits per heavy atom. The number of benzene rings is 1. The highest BCUT2D eigenvalue weighted by Gasteiger charge is 1.95. The van der Waals surface area contributed by atoms with E-state index < -0.39 is 0 Å². The van der Waals surface area contributed by atoms with Crippen LogP contribution in [-0.2, 0) is 0 Å². The highest BCUT2D eigenvalue weighted by atomic mass is 19.1. The van der Waals surface area contributed by atoms with Gasteiger partial charge in [0, 0.05) is 12.6 Å². The Morgan fingerprint density at radius 3 is 2.57 bits per heavy atom. The zero-order chi connectivity index (χ0) is 10.4. The van der Waals surface area contributed by atoms with Crippen LogP contribution in [0, 0.1) is 5.82 Å². The second-order valence-electron chi connectivity index (χ2n) is 3.09. The minimum absolute atomic E-state index is 0.0783. The third-order valence-electron chi connectivity index (χ3n) is 1.87. The van der Waals surface area contributed by atoms with Crippen LogP contribution in [0.25, 0.3) is 6.08 Å². The van der Waals surface area contributed by atoms with Gasteiger partial charge in [-0.1, -0.05) is 24.3 Å². The van der Waals surface area contributed by atoms with E-state index in [0.29, 0.717) is 6.42 Å². The Morgan fingerprint density at radius 1 is 1.36 bits per heavy atom. The fourth-order valence-electron chi connectivity index (χ4n) is 1.05. The van der Waals surface area contributed by atoms with Crippen molar-refractivity contribution in [3.8, 4) is 0 Å². The maximum Gasteiger partial charge on any atom is 0.123 e. The van der Waals surface area contributed by atoms with Crippen LogP contribution in [0.1, 0.15) is 12.0 Å². The molecule has 0 aromatic heterocycles. The number of hydrogen-bond acceptors (Lipinski definition) is 2. The lowest BCUT2D eigenvalue weighted by molar-refractivity contribution is 0.283. The average molecular weight is 195 g/mol. The number of aliphatic hydroxyl groups is 1. The van der Waals surface area contributed by atoms with Crippen LogP contribution in [0.15, 0.2) is 30.3 Å². The zero-order valence-electron chi connectivity index (χ0n) is 7.86. The summed E-state index contributed by atoms with van der Waals surface area (Å²) in [4.78, 5) is 0. The Bertz CT molecular complexity index is 295. The monoisotopic (exact) mass is 195 g/mol. The van der Waals surface area contributed by atoms with Crippen LogP contribution in [0.5, 0.6) is 0 Å². The van der Waals surface area contributed by atoms with E-state index in [1.807, 2.05) is 6.08 Å². The van der Waals surface area contributed by atoms with Crippen molar-refractivity contribution in [3.05, 3.63) is 41.7 Å². The number of nitrogens with two attached hydrogens (primary N) is 1. The van der Waals surface area contributed by atoms with Crippen LogP contribution in [0.3, 0.4) is 0 Å². The summed E-state index contributed by atoms with van der Waals surface area (Å²) in [5.41, 5.74) is 6.54. The van der Waals surface area contributed by atoms with Crippen molar-refractivity contribution in [1.29, 1.82) is 0 Å². The maximum atomic E-state index is 12.5. The minimum Gasteiger partial charge on any atom is -0.396 e. The van der Waals surface area contributed by atoms with Gasteiger partial charge in [0.05, 0.1) is 0 Å². The molecule has 0 aliphatic rings. The van der Waals surface area contributed by atoms with Crippen molar-refractivity contribution in [2.45, 2.75) is 12.5 Å². The molecule has 0 aliphatic heterocycles. The van der Waals surface area contributed by atoms with Gasteiger partial charge in [0.1, 0.15) is 5.82 Å². The molecule has 0 saturated heterocycles. The largest absolute Gasteiger partial charge is 0.396 e. The molecule has 0 fully saturated rings. The number of halogens is 1. The molecule has 76 valence electrons. The average Bonchev–Trinajstić information content (AvgIpc) is 2.17. The summed E-state index contributed by atoms with van der Waals surface area (Å²) in [5, 5.41) is 8.61. The van der Waals surface area contributed by atoms with E-state index in [4.69, 9.17) is 10.8 Å². The SMILES string of the molecule is NC(/C=C/c1ccc(F)cc1)CCO. The van der Waals surface area contributed by atoms with Gasteiger partial charge < -0.3 is 10.8 Å². The summed E-state index contributed by atoms with van der Waals surface area (Å²) in [6.07, 6.45) is 4.15. The van der Waals surface area contributed by atoms with Gasteiger partial charge in [0.2, 0.25) is 0 Å². The summed E-state index contributed by atoms with van der Waals surface area (Å²) >= 11 is 0. The molecule has 0 bridgehead atoms. The Kier molecular flexibility index (Phi) is 4.29. The molecule has 0 heterocycles. The molecule has 1 rings (SSSR count). The zero-order valence-corrected chi connectivity index (χ0v) is 7.86. The molecular formula is C11H14FNO. The Labute approximate surface area is 82.9 Å². The van der Waals surface area contributed by atoms with Crippen molar-refractivity contribution in [2.75, 3.05) is 6.61 Å². The van der Waals surface area contributed by atoms with E-state index in [0.717, 1.165) is 5.56 Å². The van der Waals surface area contributed by atoms with Gasteiger partial charge in [-0.15, -0.1) is 0 Å². The summed E-state index contributed by atoms with van der Waals surface area (Å²) in [7, 11) is 0. The first kappa shape index (κ1) is 10.9. The molecular weight excluding hydrogens is 181 g/mol. The molecule has 0 radical (unpaired) electrons. The van der Waals surface area contributed by atoms with E-state index in [9.17, 15) is 4.39 Å². The van der Waals surface area contributed by atoms with Gasteiger partial charge >= 0.3 is 0 Å². The van der Waals surface area contributed by atoms with Crippen LogP contribution in [0.4, 0.5) is 4.39 Å². The van der Waals surface area contributed by atoms with Crippen LogP contribution in [0.2, 0.25) is 0 Å². The molecule has 0 aliphatic carbocycles. The highest BCUT2D eigenvalue weighted by molar-refractivity contribution is 5.49. The molecule has 0 saturated carbocycles. The number of hydrogen-bond donors (Lipinski definition) is 2. The first-order chi connectivity index (χ1) is 6.72. The molecule has 0 amide bonds. The smallest absolute Gasteiger partial charge is 0.123 e. The van der Waals surface area contributed by atoms with Crippen molar-refractivity contribution < 1.29 is 9.50 Å². The first-order valence-corrected chi connectivity index (χ1v) is 4.52. The van der Waals surface area contributed by atoms with E-state index in [-0.39, 0.29) is 18.5 Å². The lowest BCUT2D eigenvalue weighted by Crippen LogP contribution is -2.17. The van der Waals surface area contributed by atoms with E-state index in [1.165, 1.54) is 12.1 Å². The first-order valence-electron chi connectivity index (χ1n) is 4.52. The van der Waals surface area contributed by atoms with Gasteiger partial charge in [-0.2, -0.15) is 0 Å². The molecule has 1 aromatic carbocycles. The standard InChI is InChI=1S/C11H14FNO/c12-10-4-1-9(2-5-10)3-6-11(13)7-8-14/h1-6,11,14H,7-8,13H2/b6-3+. The quantitative estimate of drug-likeness (QED) is 0.765. The number of aliphatic hydroxyl groups excluding tert-OH is 1. The maximum absolute atomic E-state index is 12.5. The minimum atomic E-state index is -0.248. The van der Waals surface area contributed by atoms with Crippen LogP contribution in [-0.4, -0.2) is 17.8 Å². The Balaban J connectivity index is 2.55. The third kappa shape index (κ3) is 3.68. The lowest BCUT2D eigenvalue weighted by Gasteiger charge is -2.02. The van der Waals surface area contributed by atoms with Crippen molar-refractivity contribution in [2.24, 2.45) is 5.73 Å². The third-order valence-corrected chi connectivity index (χ3v) is 1.87. The van der Waals surface area contributed by atoms with Gasteiger partial charge in [0.15, 0.2) is 0 Å². The molecule has 1 unspecified atom stereocenters. The summed E-state index contributed by atoms with van der Waals surface area (Å²) < 4.78 is 12.5. The topological polar surface area (TPSA) is 46.2 Å². The summed E-state index contributed by atoms with van der Waals surface area (Å²) in [6.45, 7) is 0.0783. The molecule has 14 heavy (non-hydrogen) atoms. The fraction of sp³-hybridized carbons (Fsp3) is 0.273. The van der Waals surface area contributed by atoms with Crippen LogP contribution >= 0.6 is 0 Å². The van der Waals surface area contributed by atoms with Gasteiger partial charge in [-0.25, -0.2) is 4.39 Å². The Hall–Kier alpha value is -1.19. The van der Waals surface area contributed by atoms with Gasteiger partial charge in [0.25, 0.3) is 0 Å². The van der Waals surface area contributed by atoms with Crippen molar-refractivity contribution in [3.63, 3.8) is 0 Å². The lowest BCUT2D eigenvalue weighted by atomic mass is 10.1. The second kappa shape index (κ2) is 5.52. The van der Waals surface area contributed by atoms with Gasteiger partial charge in [-0.05, 0) is 24.1 Å². The molecule has 2 nitrogen and oxygen atoms in total. The van der Waals surface area contributed by atoms with E-state index >= 15 is 0 Å². The van der Waals surface area contributed by atoms with Crippen molar-refractivity contribution in [1.82, 2.24) is 0 Å². The number of rotatable bonds is 4. The molecule has 1 aromatic rings. The highest BCUT2D eigenvalue weighted by Crippen LogP contribution is 2.05. The van der Waals surface area contributed by atoms with E-state index in [2.05, 4.69) is 0 Å². The normalized spacial score (nSPS) is 13.4. The molecule has 1 atom stereocenters. The summed E-state index contributed by atoms with van der Waals surface area (Å²) in [5.74, 6) is -0.248. The molecule has 3 N–H and O–H groups in total. The van der Waals surface area contributed by atoms with Gasteiger partial charge in [-0.3, -0.25) is 0 Å². The van der Waals surface area contributed by atoms with Crippen molar-refractivity contribution >= 4 is 6.08 Å². The predicted molar refractivity (Wildman–Crippen MR) is 55.1 cm³/mol. The summed E-state index contributed by atoms with van der Waals surface area (Å²) in [6, 6.07) is 6.01. The van der Waals surface area contributed by atoms with E-state index in [1.54, 1.807) is 18.2 Å². The molecule has 0 spiro atoms. The predicted octanol–water partition coefficient (Wildman–Crippen LogP) is 1.55. The second-order valence-corrected chi connectivity index (χ2v) is 3.09. The van der Waals surface area contributed by atoms with Crippen LogP contribution < -0.4 is 5.73 Å².